The lowest BCUT2D eigenvalue weighted by Gasteiger charge is -2.26. The van der Waals surface area contributed by atoms with Gasteiger partial charge in [-0.1, -0.05) is 39.8 Å². The number of hydrogen-bond donors (Lipinski definition) is 2. The number of rotatable bonds is 8. The third kappa shape index (κ3) is 5.64. The Bertz CT molecular complexity index is 548. The topological polar surface area (TPSA) is 75.4 Å². The highest BCUT2D eigenvalue weighted by Gasteiger charge is 2.21. The first kappa shape index (κ1) is 20.2. The molecule has 3 N–H and O–H groups in total. The van der Waals surface area contributed by atoms with E-state index in [9.17, 15) is 9.59 Å². The predicted molar refractivity (Wildman–Crippen MR) is 97.6 cm³/mol. The fourth-order valence-corrected chi connectivity index (χ4v) is 2.41. The van der Waals surface area contributed by atoms with Crippen LogP contribution in [0.2, 0.25) is 0 Å². The molecular weight excluding hydrogens is 302 g/mol. The van der Waals surface area contributed by atoms with Gasteiger partial charge in [-0.2, -0.15) is 0 Å². The molecule has 0 radical (unpaired) electrons. The third-order valence-electron chi connectivity index (χ3n) is 4.52. The second kappa shape index (κ2) is 8.83. The minimum atomic E-state index is -0.352. The highest BCUT2D eigenvalue weighted by molar-refractivity contribution is 5.94. The number of nitrogens with two attached hydrogens (primary N) is 1. The van der Waals surface area contributed by atoms with Gasteiger partial charge in [0.05, 0.1) is 0 Å². The first-order valence-corrected chi connectivity index (χ1v) is 8.63. The van der Waals surface area contributed by atoms with Crippen LogP contribution in [0, 0.1) is 5.92 Å². The molecule has 0 bridgehead atoms. The quantitative estimate of drug-likeness (QED) is 0.767. The van der Waals surface area contributed by atoms with E-state index >= 15 is 0 Å². The van der Waals surface area contributed by atoms with Crippen molar-refractivity contribution in [1.29, 1.82) is 0 Å². The SMILES string of the molecule is CCC(N)(CC)CNC(=O)c1ccc(CN(C)C(=O)C(C)C)cc1. The van der Waals surface area contributed by atoms with Crippen molar-refractivity contribution in [1.82, 2.24) is 10.2 Å². The van der Waals surface area contributed by atoms with Gasteiger partial charge in [0, 0.05) is 37.2 Å². The summed E-state index contributed by atoms with van der Waals surface area (Å²) in [4.78, 5) is 25.8. The number of hydrogen-bond acceptors (Lipinski definition) is 3. The van der Waals surface area contributed by atoms with Crippen LogP contribution < -0.4 is 11.1 Å². The Morgan fingerprint density at radius 1 is 1.17 bits per heavy atom. The minimum absolute atomic E-state index is 0.0197. The van der Waals surface area contributed by atoms with Crippen molar-refractivity contribution < 1.29 is 9.59 Å². The number of amides is 2. The van der Waals surface area contributed by atoms with Gasteiger partial charge < -0.3 is 16.0 Å². The largest absolute Gasteiger partial charge is 0.350 e. The van der Waals surface area contributed by atoms with Crippen LogP contribution in [0.5, 0.6) is 0 Å². The lowest BCUT2D eigenvalue weighted by atomic mass is 9.94. The molecule has 1 aromatic rings. The monoisotopic (exact) mass is 333 g/mol. The molecule has 0 aliphatic rings. The van der Waals surface area contributed by atoms with Crippen molar-refractivity contribution in [2.75, 3.05) is 13.6 Å². The van der Waals surface area contributed by atoms with Crippen LogP contribution in [0.4, 0.5) is 0 Å². The Morgan fingerprint density at radius 3 is 2.17 bits per heavy atom. The number of carbonyl (C=O) groups is 2. The standard InChI is InChI=1S/C19H31N3O2/c1-6-19(20,7-2)13-21-17(23)16-10-8-15(9-11-16)12-22(5)18(24)14(3)4/h8-11,14H,6-7,12-13,20H2,1-5H3,(H,21,23). The predicted octanol–water partition coefficient (Wildman–Crippen LogP) is 2.55. The lowest BCUT2D eigenvalue weighted by molar-refractivity contribution is -0.133. The van der Waals surface area contributed by atoms with Gasteiger partial charge in [0.1, 0.15) is 0 Å². The van der Waals surface area contributed by atoms with Crippen LogP contribution in [0.25, 0.3) is 0 Å². The third-order valence-corrected chi connectivity index (χ3v) is 4.52. The van der Waals surface area contributed by atoms with Crippen molar-refractivity contribution in [2.24, 2.45) is 11.7 Å². The van der Waals surface area contributed by atoms with Gasteiger partial charge in [-0.3, -0.25) is 9.59 Å². The summed E-state index contributed by atoms with van der Waals surface area (Å²) in [5, 5.41) is 2.91. The molecule has 5 heteroatoms. The summed E-state index contributed by atoms with van der Waals surface area (Å²) < 4.78 is 0. The molecule has 24 heavy (non-hydrogen) atoms. The Morgan fingerprint density at radius 2 is 1.71 bits per heavy atom. The smallest absolute Gasteiger partial charge is 0.251 e. The van der Waals surface area contributed by atoms with E-state index < -0.39 is 0 Å². The molecule has 0 heterocycles. The maximum absolute atomic E-state index is 12.2. The summed E-state index contributed by atoms with van der Waals surface area (Å²) in [5.74, 6) is -0.0335. The summed E-state index contributed by atoms with van der Waals surface area (Å²) in [6.45, 7) is 8.83. The summed E-state index contributed by atoms with van der Waals surface area (Å²) in [6.07, 6.45) is 1.64. The zero-order chi connectivity index (χ0) is 18.3. The van der Waals surface area contributed by atoms with Gasteiger partial charge in [-0.25, -0.2) is 0 Å². The Labute approximate surface area is 145 Å². The first-order chi connectivity index (χ1) is 11.2. The van der Waals surface area contributed by atoms with Gasteiger partial charge >= 0.3 is 0 Å². The average molecular weight is 333 g/mol. The van der Waals surface area contributed by atoms with Gasteiger partial charge in [0.15, 0.2) is 0 Å². The van der Waals surface area contributed by atoms with Crippen molar-refractivity contribution >= 4 is 11.8 Å². The highest BCUT2D eigenvalue weighted by Crippen LogP contribution is 2.11. The molecule has 1 rings (SSSR count). The number of nitrogens with one attached hydrogen (secondary N) is 1. The summed E-state index contributed by atoms with van der Waals surface area (Å²) in [6, 6.07) is 7.34. The molecule has 0 saturated heterocycles. The molecule has 0 fully saturated rings. The van der Waals surface area contributed by atoms with Gasteiger partial charge in [0.2, 0.25) is 5.91 Å². The van der Waals surface area contributed by atoms with E-state index in [2.05, 4.69) is 5.32 Å². The molecule has 134 valence electrons. The fourth-order valence-electron chi connectivity index (χ4n) is 2.41. The highest BCUT2D eigenvalue weighted by atomic mass is 16.2. The van der Waals surface area contributed by atoms with Gasteiger partial charge in [-0.15, -0.1) is 0 Å². The van der Waals surface area contributed by atoms with E-state index in [0.717, 1.165) is 18.4 Å². The van der Waals surface area contributed by atoms with E-state index in [1.807, 2.05) is 39.8 Å². The van der Waals surface area contributed by atoms with E-state index in [-0.39, 0.29) is 23.3 Å². The van der Waals surface area contributed by atoms with Crippen molar-refractivity contribution in [3.05, 3.63) is 35.4 Å². The molecule has 2 amide bonds. The molecule has 1 aromatic carbocycles. The Kier molecular flexibility index (Phi) is 7.42. The van der Waals surface area contributed by atoms with Crippen LogP contribution in [-0.4, -0.2) is 35.8 Å². The number of benzene rings is 1. The maximum Gasteiger partial charge on any atom is 0.251 e. The van der Waals surface area contributed by atoms with Crippen LogP contribution >= 0.6 is 0 Å². The number of carbonyl (C=O) groups excluding carboxylic acids is 2. The second-order valence-electron chi connectivity index (χ2n) is 6.80. The fraction of sp³-hybridized carbons (Fsp3) is 0.579. The van der Waals surface area contributed by atoms with Crippen LogP contribution in [-0.2, 0) is 11.3 Å². The van der Waals surface area contributed by atoms with E-state index in [4.69, 9.17) is 5.73 Å². The normalized spacial score (nSPS) is 11.5. The van der Waals surface area contributed by atoms with Crippen LogP contribution in [0.3, 0.4) is 0 Å². The molecule has 0 unspecified atom stereocenters. The molecule has 0 aromatic heterocycles. The zero-order valence-electron chi connectivity index (χ0n) is 15.6. The summed E-state index contributed by atoms with van der Waals surface area (Å²) in [7, 11) is 1.79. The molecule has 0 aliphatic carbocycles. The Hall–Kier alpha value is -1.88. The molecule has 5 nitrogen and oxygen atoms in total. The molecule has 0 aliphatic heterocycles. The van der Waals surface area contributed by atoms with Crippen molar-refractivity contribution in [3.63, 3.8) is 0 Å². The lowest BCUT2D eigenvalue weighted by Crippen LogP contribution is -2.49. The van der Waals surface area contributed by atoms with Crippen molar-refractivity contribution in [2.45, 2.75) is 52.6 Å². The zero-order valence-corrected chi connectivity index (χ0v) is 15.6. The maximum atomic E-state index is 12.2. The summed E-state index contributed by atoms with van der Waals surface area (Å²) >= 11 is 0. The minimum Gasteiger partial charge on any atom is -0.350 e. The van der Waals surface area contributed by atoms with E-state index in [1.54, 1.807) is 24.1 Å². The van der Waals surface area contributed by atoms with Crippen molar-refractivity contribution in [3.8, 4) is 0 Å². The van der Waals surface area contributed by atoms with E-state index in [0.29, 0.717) is 18.7 Å². The summed E-state index contributed by atoms with van der Waals surface area (Å²) in [5.41, 5.74) is 7.45. The molecular formula is C19H31N3O2. The molecule has 0 saturated carbocycles. The van der Waals surface area contributed by atoms with Gasteiger partial charge in [-0.05, 0) is 30.5 Å². The van der Waals surface area contributed by atoms with Gasteiger partial charge in [0.25, 0.3) is 5.91 Å². The van der Waals surface area contributed by atoms with E-state index in [1.165, 1.54) is 0 Å². The average Bonchev–Trinajstić information content (AvgIpc) is 2.59. The van der Waals surface area contributed by atoms with Crippen LogP contribution in [0.15, 0.2) is 24.3 Å². The molecule has 0 atom stereocenters. The second-order valence-corrected chi connectivity index (χ2v) is 6.80. The van der Waals surface area contributed by atoms with Crippen LogP contribution in [0.1, 0.15) is 56.5 Å². The molecule has 0 spiro atoms. The number of nitrogens with zero attached hydrogens (tertiary/aromatic N) is 1. The first-order valence-electron chi connectivity index (χ1n) is 8.63. The Balaban J connectivity index is 2.64.